The van der Waals surface area contributed by atoms with E-state index in [1.54, 1.807) is 0 Å². The van der Waals surface area contributed by atoms with Crippen molar-refractivity contribution in [2.24, 2.45) is 0 Å². The Morgan fingerprint density at radius 1 is 1.00 bits per heavy atom. The predicted molar refractivity (Wildman–Crippen MR) is 112 cm³/mol. The molecular formula is C23H25N3O3. The van der Waals surface area contributed by atoms with Gasteiger partial charge in [-0.1, -0.05) is 60.7 Å². The molecule has 0 saturated heterocycles. The van der Waals surface area contributed by atoms with Crippen molar-refractivity contribution in [1.29, 1.82) is 0 Å². The van der Waals surface area contributed by atoms with E-state index in [9.17, 15) is 9.90 Å². The van der Waals surface area contributed by atoms with E-state index in [2.05, 4.69) is 15.3 Å². The molecule has 1 heterocycles. The van der Waals surface area contributed by atoms with Gasteiger partial charge in [0.15, 0.2) is 6.04 Å². The fraction of sp³-hybridized carbons (Fsp3) is 0.261. The molecule has 150 valence electrons. The standard InChI is InChI=1S/C23H25N3O3/c1-4-29-23(18-11-7-5-8-12-18,19-13-9-6-10-14-19)20(21(27)28)26-22-24-16(2)15-17(3)25-22/h5-15,20H,4H2,1-3H3,(H,27,28)(H,24,25,26). The summed E-state index contributed by atoms with van der Waals surface area (Å²) >= 11 is 0. The molecule has 0 saturated carbocycles. The number of aromatic nitrogens is 2. The average molecular weight is 391 g/mol. The van der Waals surface area contributed by atoms with E-state index in [0.717, 1.165) is 22.5 Å². The summed E-state index contributed by atoms with van der Waals surface area (Å²) in [6.45, 7) is 5.87. The Labute approximate surface area is 170 Å². The van der Waals surface area contributed by atoms with Gasteiger partial charge >= 0.3 is 5.97 Å². The van der Waals surface area contributed by atoms with Crippen molar-refractivity contribution >= 4 is 11.9 Å². The van der Waals surface area contributed by atoms with Crippen molar-refractivity contribution in [3.8, 4) is 0 Å². The molecule has 0 fully saturated rings. The van der Waals surface area contributed by atoms with Gasteiger partial charge in [-0.3, -0.25) is 0 Å². The van der Waals surface area contributed by atoms with Gasteiger partial charge in [-0.05, 0) is 38.0 Å². The van der Waals surface area contributed by atoms with Crippen LogP contribution in [0.2, 0.25) is 0 Å². The lowest BCUT2D eigenvalue weighted by Crippen LogP contribution is -2.52. The highest BCUT2D eigenvalue weighted by atomic mass is 16.5. The Hall–Kier alpha value is -3.25. The van der Waals surface area contributed by atoms with Crippen LogP contribution in [0.1, 0.15) is 29.4 Å². The molecule has 0 spiro atoms. The molecule has 0 aliphatic rings. The fourth-order valence-electron chi connectivity index (χ4n) is 3.61. The quantitative estimate of drug-likeness (QED) is 0.605. The van der Waals surface area contributed by atoms with Crippen molar-refractivity contribution in [2.75, 3.05) is 11.9 Å². The van der Waals surface area contributed by atoms with E-state index in [4.69, 9.17) is 4.74 Å². The molecule has 29 heavy (non-hydrogen) atoms. The lowest BCUT2D eigenvalue weighted by atomic mass is 9.79. The third-order valence-electron chi connectivity index (χ3n) is 4.69. The minimum atomic E-state index is -1.27. The topological polar surface area (TPSA) is 84.3 Å². The van der Waals surface area contributed by atoms with Crippen LogP contribution in [0.5, 0.6) is 0 Å². The number of anilines is 1. The van der Waals surface area contributed by atoms with Crippen LogP contribution in [-0.4, -0.2) is 33.7 Å². The summed E-state index contributed by atoms with van der Waals surface area (Å²) in [4.78, 5) is 21.3. The minimum Gasteiger partial charge on any atom is -0.480 e. The van der Waals surface area contributed by atoms with Crippen molar-refractivity contribution in [1.82, 2.24) is 9.97 Å². The molecule has 6 nitrogen and oxygen atoms in total. The summed E-state index contributed by atoms with van der Waals surface area (Å²) in [5.74, 6) is -0.806. The number of carboxylic acids is 1. The zero-order chi connectivity index (χ0) is 20.9. The molecule has 2 N–H and O–H groups in total. The lowest BCUT2D eigenvalue weighted by molar-refractivity contribution is -0.145. The molecule has 1 atom stereocenters. The van der Waals surface area contributed by atoms with E-state index in [-0.39, 0.29) is 5.95 Å². The first kappa shape index (κ1) is 20.5. The van der Waals surface area contributed by atoms with Gasteiger partial charge < -0.3 is 15.2 Å². The summed E-state index contributed by atoms with van der Waals surface area (Å²) in [6, 6.07) is 19.5. The fourth-order valence-corrected chi connectivity index (χ4v) is 3.61. The second kappa shape index (κ2) is 8.84. The van der Waals surface area contributed by atoms with Gasteiger partial charge in [-0.25, -0.2) is 14.8 Å². The summed E-state index contributed by atoms with van der Waals surface area (Å²) < 4.78 is 6.26. The van der Waals surface area contributed by atoms with E-state index in [0.29, 0.717) is 6.61 Å². The van der Waals surface area contributed by atoms with Crippen molar-refractivity contribution in [3.63, 3.8) is 0 Å². The van der Waals surface area contributed by atoms with Gasteiger partial charge in [-0.2, -0.15) is 0 Å². The maximum atomic E-state index is 12.5. The van der Waals surface area contributed by atoms with Gasteiger partial charge in [-0.15, -0.1) is 0 Å². The number of carbonyl (C=O) groups is 1. The third-order valence-corrected chi connectivity index (χ3v) is 4.69. The molecular weight excluding hydrogens is 366 g/mol. The minimum absolute atomic E-state index is 0.255. The highest BCUT2D eigenvalue weighted by molar-refractivity contribution is 5.80. The number of nitrogens with zero attached hydrogens (tertiary/aromatic N) is 2. The lowest BCUT2D eigenvalue weighted by Gasteiger charge is -2.39. The normalized spacial score (nSPS) is 12.4. The number of nitrogens with one attached hydrogen (secondary N) is 1. The largest absolute Gasteiger partial charge is 0.480 e. The van der Waals surface area contributed by atoms with Gasteiger partial charge in [0, 0.05) is 18.0 Å². The molecule has 0 amide bonds. The van der Waals surface area contributed by atoms with Crippen molar-refractivity contribution in [3.05, 3.63) is 89.2 Å². The predicted octanol–water partition coefficient (Wildman–Crippen LogP) is 3.94. The molecule has 3 rings (SSSR count). The van der Waals surface area contributed by atoms with Crippen LogP contribution in [0, 0.1) is 13.8 Å². The molecule has 6 heteroatoms. The van der Waals surface area contributed by atoms with Gasteiger partial charge in [0.2, 0.25) is 5.95 Å². The number of ether oxygens (including phenoxy) is 1. The second-order valence-corrected chi connectivity index (χ2v) is 6.79. The zero-order valence-corrected chi connectivity index (χ0v) is 16.8. The summed E-state index contributed by atoms with van der Waals surface area (Å²) in [5, 5.41) is 13.3. The van der Waals surface area contributed by atoms with Crippen molar-refractivity contribution in [2.45, 2.75) is 32.4 Å². The zero-order valence-electron chi connectivity index (χ0n) is 16.8. The average Bonchev–Trinajstić information content (AvgIpc) is 2.71. The summed E-state index contributed by atoms with van der Waals surface area (Å²) in [7, 11) is 0. The van der Waals surface area contributed by atoms with E-state index in [1.165, 1.54) is 0 Å². The highest BCUT2D eigenvalue weighted by Crippen LogP contribution is 2.38. The van der Waals surface area contributed by atoms with E-state index in [1.807, 2.05) is 87.5 Å². The first-order chi connectivity index (χ1) is 14.0. The maximum Gasteiger partial charge on any atom is 0.330 e. The van der Waals surface area contributed by atoms with Crippen molar-refractivity contribution < 1.29 is 14.6 Å². The number of hydrogen-bond donors (Lipinski definition) is 2. The first-order valence-electron chi connectivity index (χ1n) is 9.54. The van der Waals surface area contributed by atoms with Crippen LogP contribution in [0.4, 0.5) is 5.95 Å². The van der Waals surface area contributed by atoms with Crippen LogP contribution >= 0.6 is 0 Å². The summed E-state index contributed by atoms with van der Waals surface area (Å²) in [6.07, 6.45) is 0. The molecule has 0 radical (unpaired) electrons. The van der Waals surface area contributed by atoms with Gasteiger partial charge in [0.05, 0.1) is 0 Å². The number of carboxylic acid groups (broad SMARTS) is 1. The molecule has 0 aliphatic heterocycles. The summed E-state index contributed by atoms with van der Waals surface area (Å²) in [5.41, 5.74) is 1.70. The molecule has 0 aliphatic carbocycles. The Balaban J connectivity index is 2.22. The number of rotatable bonds is 8. The Morgan fingerprint density at radius 2 is 1.48 bits per heavy atom. The number of hydrogen-bond acceptors (Lipinski definition) is 5. The van der Waals surface area contributed by atoms with Crippen LogP contribution in [0.3, 0.4) is 0 Å². The molecule has 1 aromatic heterocycles. The SMILES string of the molecule is CCOC(c1ccccc1)(c1ccccc1)C(Nc1nc(C)cc(C)n1)C(=O)O. The van der Waals surface area contributed by atoms with Crippen LogP contribution in [0.15, 0.2) is 66.7 Å². The Morgan fingerprint density at radius 3 is 1.90 bits per heavy atom. The third kappa shape index (κ3) is 4.27. The molecule has 0 bridgehead atoms. The van der Waals surface area contributed by atoms with E-state index >= 15 is 0 Å². The first-order valence-corrected chi connectivity index (χ1v) is 9.54. The number of aryl methyl sites for hydroxylation is 2. The molecule has 3 aromatic rings. The number of aliphatic carboxylic acids is 1. The van der Waals surface area contributed by atoms with E-state index < -0.39 is 17.6 Å². The van der Waals surface area contributed by atoms with Crippen LogP contribution < -0.4 is 5.32 Å². The molecule has 2 aromatic carbocycles. The second-order valence-electron chi connectivity index (χ2n) is 6.79. The number of benzene rings is 2. The van der Waals surface area contributed by atoms with Crippen LogP contribution in [-0.2, 0) is 15.1 Å². The van der Waals surface area contributed by atoms with Crippen LogP contribution in [0.25, 0.3) is 0 Å². The van der Waals surface area contributed by atoms with Gasteiger partial charge in [0.1, 0.15) is 5.60 Å². The Kier molecular flexibility index (Phi) is 6.24. The molecule has 1 unspecified atom stereocenters. The highest BCUT2D eigenvalue weighted by Gasteiger charge is 2.48. The maximum absolute atomic E-state index is 12.5. The monoisotopic (exact) mass is 391 g/mol. The van der Waals surface area contributed by atoms with Gasteiger partial charge in [0.25, 0.3) is 0 Å². The smallest absolute Gasteiger partial charge is 0.330 e. The Bertz CT molecular complexity index is 902.